The first-order valence-electron chi connectivity index (χ1n) is 5.73. The van der Waals surface area contributed by atoms with E-state index in [-0.39, 0.29) is 17.1 Å². The molecule has 5 heteroatoms. The maximum Gasteiger partial charge on any atom is 0.240 e. The SMILES string of the molecule is Cc1nc(C)c(C(=O)c2cc3cccc(F)c3o2)s1. The highest BCUT2D eigenvalue weighted by atomic mass is 32.1. The quantitative estimate of drug-likeness (QED) is 0.667. The smallest absolute Gasteiger partial charge is 0.240 e. The van der Waals surface area contributed by atoms with Crippen molar-refractivity contribution in [3.8, 4) is 0 Å². The molecule has 0 aliphatic carbocycles. The van der Waals surface area contributed by atoms with Crippen molar-refractivity contribution in [2.75, 3.05) is 0 Å². The van der Waals surface area contributed by atoms with Crippen LogP contribution in [0.3, 0.4) is 0 Å². The van der Waals surface area contributed by atoms with Crippen LogP contribution in [0.15, 0.2) is 28.7 Å². The molecule has 0 spiro atoms. The molecule has 0 saturated carbocycles. The molecular formula is C14H10FNO2S. The van der Waals surface area contributed by atoms with Gasteiger partial charge in [0.25, 0.3) is 0 Å². The first kappa shape index (κ1) is 12.0. The van der Waals surface area contributed by atoms with Gasteiger partial charge >= 0.3 is 0 Å². The number of thiazole rings is 1. The monoisotopic (exact) mass is 275 g/mol. The molecule has 0 radical (unpaired) electrons. The Morgan fingerprint density at radius 1 is 1.37 bits per heavy atom. The van der Waals surface area contributed by atoms with Crippen molar-refractivity contribution >= 4 is 28.1 Å². The van der Waals surface area contributed by atoms with Crippen LogP contribution < -0.4 is 0 Å². The van der Waals surface area contributed by atoms with Crippen LogP contribution in [0.25, 0.3) is 11.0 Å². The Kier molecular flexibility index (Phi) is 2.71. The molecule has 0 atom stereocenters. The average molecular weight is 275 g/mol. The zero-order valence-electron chi connectivity index (χ0n) is 10.4. The minimum absolute atomic E-state index is 0.116. The van der Waals surface area contributed by atoms with Gasteiger partial charge in [0.1, 0.15) is 4.88 Å². The summed E-state index contributed by atoms with van der Waals surface area (Å²) in [6.45, 7) is 3.62. The predicted molar refractivity (Wildman–Crippen MR) is 71.2 cm³/mol. The zero-order chi connectivity index (χ0) is 13.6. The number of aryl methyl sites for hydroxylation is 2. The van der Waals surface area contributed by atoms with E-state index in [1.807, 2.05) is 6.92 Å². The molecule has 3 aromatic rings. The Bertz CT molecular complexity index is 788. The second-order valence-corrected chi connectivity index (χ2v) is 5.45. The van der Waals surface area contributed by atoms with Gasteiger partial charge in [-0.15, -0.1) is 11.3 Å². The number of benzene rings is 1. The maximum atomic E-state index is 13.5. The summed E-state index contributed by atoms with van der Waals surface area (Å²) in [6, 6.07) is 6.17. The molecule has 0 aliphatic heterocycles. The van der Waals surface area contributed by atoms with Gasteiger partial charge in [-0.1, -0.05) is 12.1 Å². The molecule has 2 heterocycles. The van der Waals surface area contributed by atoms with E-state index in [2.05, 4.69) is 4.98 Å². The van der Waals surface area contributed by atoms with E-state index in [1.54, 1.807) is 25.1 Å². The standard InChI is InChI=1S/C14H10FNO2S/c1-7-14(19-8(2)16-7)12(17)11-6-9-4-3-5-10(15)13(9)18-11/h3-6H,1-2H3. The van der Waals surface area contributed by atoms with Crippen LogP contribution in [0.2, 0.25) is 0 Å². The van der Waals surface area contributed by atoms with E-state index in [0.29, 0.717) is 16.0 Å². The minimum atomic E-state index is -0.464. The summed E-state index contributed by atoms with van der Waals surface area (Å²) < 4.78 is 18.9. The van der Waals surface area contributed by atoms with E-state index >= 15 is 0 Å². The molecule has 0 fully saturated rings. The van der Waals surface area contributed by atoms with E-state index in [1.165, 1.54) is 17.4 Å². The van der Waals surface area contributed by atoms with Crippen LogP contribution in [0, 0.1) is 19.7 Å². The zero-order valence-corrected chi connectivity index (χ0v) is 11.2. The molecule has 0 unspecified atom stereocenters. The van der Waals surface area contributed by atoms with Gasteiger partial charge < -0.3 is 4.42 Å². The molecule has 0 bridgehead atoms. The van der Waals surface area contributed by atoms with Gasteiger partial charge in [0.05, 0.1) is 10.7 Å². The number of hydrogen-bond acceptors (Lipinski definition) is 4. The van der Waals surface area contributed by atoms with E-state index in [4.69, 9.17) is 4.42 Å². The summed E-state index contributed by atoms with van der Waals surface area (Å²) >= 11 is 1.32. The molecule has 0 aliphatic rings. The number of hydrogen-bond donors (Lipinski definition) is 0. The number of para-hydroxylation sites is 1. The van der Waals surface area contributed by atoms with Crippen LogP contribution >= 0.6 is 11.3 Å². The van der Waals surface area contributed by atoms with Gasteiger partial charge in [-0.2, -0.15) is 0 Å². The van der Waals surface area contributed by atoms with Crippen molar-refractivity contribution in [1.29, 1.82) is 0 Å². The first-order chi connectivity index (χ1) is 9.06. The largest absolute Gasteiger partial charge is 0.449 e. The minimum Gasteiger partial charge on any atom is -0.449 e. The summed E-state index contributed by atoms with van der Waals surface area (Å²) in [5, 5.41) is 1.41. The van der Waals surface area contributed by atoms with E-state index < -0.39 is 5.82 Å². The summed E-state index contributed by atoms with van der Waals surface area (Å²) in [5.74, 6) is -0.570. The van der Waals surface area contributed by atoms with Crippen LogP contribution in [0.4, 0.5) is 4.39 Å². The molecule has 19 heavy (non-hydrogen) atoms. The molecular weight excluding hydrogens is 265 g/mol. The summed E-state index contributed by atoms with van der Waals surface area (Å²) in [7, 11) is 0. The third-order valence-electron chi connectivity index (χ3n) is 2.83. The van der Waals surface area contributed by atoms with E-state index in [9.17, 15) is 9.18 Å². The second-order valence-electron chi connectivity index (χ2n) is 4.25. The summed E-state index contributed by atoms with van der Waals surface area (Å²) in [6.07, 6.45) is 0. The van der Waals surface area contributed by atoms with Crippen LogP contribution in [-0.2, 0) is 0 Å². The number of fused-ring (bicyclic) bond motifs is 1. The highest BCUT2D eigenvalue weighted by Gasteiger charge is 2.20. The van der Waals surface area contributed by atoms with Crippen molar-refractivity contribution in [2.24, 2.45) is 0 Å². The fraction of sp³-hybridized carbons (Fsp3) is 0.143. The number of ketones is 1. The number of halogens is 1. The van der Waals surface area contributed by atoms with Crippen LogP contribution in [0.5, 0.6) is 0 Å². The lowest BCUT2D eigenvalue weighted by molar-refractivity contribution is 0.101. The average Bonchev–Trinajstić information content (AvgIpc) is 2.93. The Labute approximate surface area is 112 Å². The van der Waals surface area contributed by atoms with Gasteiger partial charge in [0.15, 0.2) is 17.2 Å². The van der Waals surface area contributed by atoms with Crippen molar-refractivity contribution in [3.05, 3.63) is 51.4 Å². The number of carbonyl (C=O) groups is 1. The van der Waals surface area contributed by atoms with Gasteiger partial charge in [-0.3, -0.25) is 4.79 Å². The van der Waals surface area contributed by atoms with Crippen molar-refractivity contribution in [2.45, 2.75) is 13.8 Å². The maximum absolute atomic E-state index is 13.5. The van der Waals surface area contributed by atoms with Crippen molar-refractivity contribution in [1.82, 2.24) is 4.98 Å². The number of rotatable bonds is 2. The Hall–Kier alpha value is -2.01. The topological polar surface area (TPSA) is 43.1 Å². The summed E-state index contributed by atoms with van der Waals surface area (Å²) in [4.78, 5) is 17.1. The summed E-state index contributed by atoms with van der Waals surface area (Å²) in [5.41, 5.74) is 0.790. The third-order valence-corrected chi connectivity index (χ3v) is 3.90. The molecule has 1 aromatic carbocycles. The molecule has 0 saturated heterocycles. The number of aromatic nitrogens is 1. The Balaban J connectivity index is 2.12. The number of furan rings is 1. The fourth-order valence-corrected chi connectivity index (χ4v) is 2.86. The van der Waals surface area contributed by atoms with Gasteiger partial charge in [0.2, 0.25) is 5.78 Å². The Morgan fingerprint density at radius 3 is 2.79 bits per heavy atom. The molecule has 0 N–H and O–H groups in total. The molecule has 2 aromatic heterocycles. The molecule has 96 valence electrons. The normalized spacial score (nSPS) is 11.1. The van der Waals surface area contributed by atoms with Gasteiger partial charge in [-0.25, -0.2) is 9.37 Å². The predicted octanol–water partition coefficient (Wildman–Crippen LogP) is 3.88. The van der Waals surface area contributed by atoms with Gasteiger partial charge in [0, 0.05) is 5.39 Å². The highest BCUT2D eigenvalue weighted by molar-refractivity contribution is 7.13. The Morgan fingerprint density at radius 2 is 2.16 bits per heavy atom. The van der Waals surface area contributed by atoms with Crippen molar-refractivity contribution < 1.29 is 13.6 Å². The number of nitrogens with zero attached hydrogens (tertiary/aromatic N) is 1. The van der Waals surface area contributed by atoms with Gasteiger partial charge in [-0.05, 0) is 26.0 Å². The highest BCUT2D eigenvalue weighted by Crippen LogP contribution is 2.26. The molecule has 0 amide bonds. The van der Waals surface area contributed by atoms with E-state index in [0.717, 1.165) is 5.01 Å². The third kappa shape index (κ3) is 1.96. The number of carbonyl (C=O) groups excluding carboxylic acids is 1. The second kappa shape index (κ2) is 4.28. The lowest BCUT2D eigenvalue weighted by Crippen LogP contribution is -1.98. The molecule has 3 nitrogen and oxygen atoms in total. The fourth-order valence-electron chi connectivity index (χ4n) is 1.99. The van der Waals surface area contributed by atoms with Crippen molar-refractivity contribution in [3.63, 3.8) is 0 Å². The lowest BCUT2D eigenvalue weighted by Gasteiger charge is -1.93. The van der Waals surface area contributed by atoms with Crippen LogP contribution in [0.1, 0.15) is 26.1 Å². The molecule has 3 rings (SSSR count). The lowest BCUT2D eigenvalue weighted by atomic mass is 10.2. The van der Waals surface area contributed by atoms with Crippen LogP contribution in [-0.4, -0.2) is 10.8 Å². The first-order valence-corrected chi connectivity index (χ1v) is 6.54.